The van der Waals surface area contributed by atoms with E-state index >= 15 is 0 Å². The zero-order valence-corrected chi connectivity index (χ0v) is 11.8. The van der Waals surface area contributed by atoms with Crippen molar-refractivity contribution in [3.05, 3.63) is 42.9 Å². The molecule has 0 aliphatic carbocycles. The van der Waals surface area contributed by atoms with Gasteiger partial charge in [0.25, 0.3) is 0 Å². The first-order valence-corrected chi connectivity index (χ1v) is 6.78. The predicted octanol–water partition coefficient (Wildman–Crippen LogP) is 3.41. The van der Waals surface area contributed by atoms with Crippen LogP contribution in [0, 0.1) is 10.1 Å². The molecule has 2 aromatic rings. The van der Waals surface area contributed by atoms with Gasteiger partial charge in [0.05, 0.1) is 9.26 Å². The summed E-state index contributed by atoms with van der Waals surface area (Å²) < 4.78 is 0.714. The Hall–Kier alpha value is -1.44. The summed E-state index contributed by atoms with van der Waals surface area (Å²) in [4.78, 5) is 18.7. The van der Waals surface area contributed by atoms with Crippen molar-refractivity contribution >= 4 is 46.0 Å². The number of thiophene rings is 1. The number of halogens is 2. The van der Waals surface area contributed by atoms with Crippen molar-refractivity contribution < 1.29 is 4.92 Å². The van der Waals surface area contributed by atoms with Crippen LogP contribution in [0.4, 0.5) is 11.5 Å². The minimum absolute atomic E-state index is 0.0349. The maximum Gasteiger partial charge on any atom is 0.329 e. The van der Waals surface area contributed by atoms with Crippen molar-refractivity contribution in [3.63, 3.8) is 0 Å². The fraction of sp³-hybridized carbons (Fsp3) is 0.200. The molecule has 0 aliphatic heterocycles. The Labute approximate surface area is 122 Å². The van der Waals surface area contributed by atoms with Crippen LogP contribution in [-0.2, 0) is 6.42 Å². The van der Waals surface area contributed by atoms with Crippen molar-refractivity contribution in [1.29, 1.82) is 0 Å². The lowest BCUT2D eigenvalue weighted by Crippen LogP contribution is -2.08. The van der Waals surface area contributed by atoms with Gasteiger partial charge >= 0.3 is 5.69 Å². The van der Waals surface area contributed by atoms with Crippen molar-refractivity contribution in [2.45, 2.75) is 6.42 Å². The van der Waals surface area contributed by atoms with Crippen LogP contribution < -0.4 is 5.32 Å². The van der Waals surface area contributed by atoms with Gasteiger partial charge in [-0.05, 0) is 30.2 Å². The summed E-state index contributed by atoms with van der Waals surface area (Å²) in [5.41, 5.74) is -0.200. The second-order valence-corrected chi connectivity index (χ2v) is 5.65. The number of nitrogens with one attached hydrogen (secondary N) is 1. The van der Waals surface area contributed by atoms with Crippen LogP contribution in [0.1, 0.15) is 4.88 Å². The molecule has 0 aliphatic rings. The van der Waals surface area contributed by atoms with Crippen LogP contribution in [0.15, 0.2) is 18.3 Å². The van der Waals surface area contributed by atoms with E-state index in [1.54, 1.807) is 0 Å². The molecule has 100 valence electrons. The van der Waals surface area contributed by atoms with Gasteiger partial charge in [0.15, 0.2) is 0 Å². The van der Waals surface area contributed by atoms with Crippen LogP contribution in [-0.4, -0.2) is 21.4 Å². The van der Waals surface area contributed by atoms with Crippen molar-refractivity contribution in [2.75, 3.05) is 11.9 Å². The summed E-state index contributed by atoms with van der Waals surface area (Å²) in [7, 11) is 0. The minimum Gasteiger partial charge on any atom is -0.364 e. The molecule has 6 nitrogen and oxygen atoms in total. The van der Waals surface area contributed by atoms with Gasteiger partial charge in [0, 0.05) is 11.4 Å². The van der Waals surface area contributed by atoms with Crippen LogP contribution >= 0.6 is 34.5 Å². The number of anilines is 1. The zero-order valence-electron chi connectivity index (χ0n) is 9.47. The molecule has 1 N–H and O–H groups in total. The molecule has 2 aromatic heterocycles. The molecule has 0 atom stereocenters. The summed E-state index contributed by atoms with van der Waals surface area (Å²) >= 11 is 12.9. The molecular weight excluding hydrogens is 311 g/mol. The van der Waals surface area contributed by atoms with Gasteiger partial charge < -0.3 is 5.32 Å². The Balaban J connectivity index is 2.02. The van der Waals surface area contributed by atoms with Gasteiger partial charge in [-0.25, -0.2) is 4.98 Å². The third-order valence-electron chi connectivity index (χ3n) is 2.23. The monoisotopic (exact) mass is 318 g/mol. The minimum atomic E-state index is -0.555. The van der Waals surface area contributed by atoms with Gasteiger partial charge in [0.1, 0.15) is 6.20 Å². The SMILES string of the molecule is O=[N+]([O-])c1cnc(Cl)nc1NCCc1ccc(Cl)s1. The Kier molecular flexibility index (Phi) is 4.52. The molecule has 0 saturated heterocycles. The van der Waals surface area contributed by atoms with E-state index < -0.39 is 4.92 Å². The molecule has 0 radical (unpaired) electrons. The highest BCUT2D eigenvalue weighted by molar-refractivity contribution is 7.16. The number of hydrogen-bond acceptors (Lipinski definition) is 6. The van der Waals surface area contributed by atoms with Crippen LogP contribution in [0.2, 0.25) is 9.62 Å². The first-order valence-electron chi connectivity index (χ1n) is 5.21. The van der Waals surface area contributed by atoms with E-state index in [0.29, 0.717) is 17.3 Å². The first kappa shape index (κ1) is 14.0. The highest BCUT2D eigenvalue weighted by Crippen LogP contribution is 2.24. The Morgan fingerprint density at radius 3 is 2.84 bits per heavy atom. The molecule has 2 heterocycles. The Bertz CT molecular complexity index is 605. The van der Waals surface area contributed by atoms with Crippen LogP contribution in [0.25, 0.3) is 0 Å². The number of aromatic nitrogens is 2. The number of nitrogens with zero attached hydrogens (tertiary/aromatic N) is 3. The van der Waals surface area contributed by atoms with Gasteiger partial charge in [-0.1, -0.05) is 11.6 Å². The second kappa shape index (κ2) is 6.14. The number of hydrogen-bond donors (Lipinski definition) is 1. The molecule has 0 saturated carbocycles. The summed E-state index contributed by atoms with van der Waals surface area (Å²) in [6, 6.07) is 3.72. The Morgan fingerprint density at radius 1 is 1.42 bits per heavy atom. The average Bonchev–Trinajstić information content (AvgIpc) is 2.75. The van der Waals surface area contributed by atoms with Gasteiger partial charge in [-0.2, -0.15) is 4.98 Å². The van der Waals surface area contributed by atoms with Crippen molar-refractivity contribution in [3.8, 4) is 0 Å². The Morgan fingerprint density at radius 2 is 2.21 bits per heavy atom. The largest absolute Gasteiger partial charge is 0.364 e. The molecular formula is C10H8Cl2N4O2S. The summed E-state index contributed by atoms with van der Waals surface area (Å²) in [6.45, 7) is 0.491. The highest BCUT2D eigenvalue weighted by atomic mass is 35.5. The quantitative estimate of drug-likeness (QED) is 0.519. The number of nitro groups is 1. The molecule has 0 amide bonds. The van der Waals surface area contributed by atoms with Gasteiger partial charge in [-0.15, -0.1) is 11.3 Å². The predicted molar refractivity (Wildman–Crippen MR) is 75.2 cm³/mol. The molecule has 9 heteroatoms. The summed E-state index contributed by atoms with van der Waals surface area (Å²) in [5, 5.41) is 13.6. The molecule has 0 unspecified atom stereocenters. The van der Waals surface area contributed by atoms with E-state index in [1.807, 2.05) is 12.1 Å². The lowest BCUT2D eigenvalue weighted by atomic mass is 10.3. The van der Waals surface area contributed by atoms with Crippen molar-refractivity contribution in [1.82, 2.24) is 9.97 Å². The van der Waals surface area contributed by atoms with Gasteiger partial charge in [-0.3, -0.25) is 10.1 Å². The number of rotatable bonds is 5. The standard InChI is InChI=1S/C10H8Cl2N4O2S/c11-8-2-1-6(19-8)3-4-13-9-7(16(17)18)5-14-10(12)15-9/h1-2,5H,3-4H2,(H,13,14,15). The van der Waals surface area contributed by atoms with E-state index in [4.69, 9.17) is 23.2 Å². The van der Waals surface area contributed by atoms with E-state index in [1.165, 1.54) is 11.3 Å². The fourth-order valence-electron chi connectivity index (χ4n) is 1.41. The van der Waals surface area contributed by atoms with Crippen LogP contribution in [0.3, 0.4) is 0 Å². The lowest BCUT2D eigenvalue weighted by molar-refractivity contribution is -0.384. The topological polar surface area (TPSA) is 81.0 Å². The van der Waals surface area contributed by atoms with Gasteiger partial charge in [0.2, 0.25) is 11.1 Å². The van der Waals surface area contributed by atoms with Crippen LogP contribution in [0.5, 0.6) is 0 Å². The smallest absolute Gasteiger partial charge is 0.329 e. The molecule has 0 fully saturated rings. The second-order valence-electron chi connectivity index (χ2n) is 3.51. The van der Waals surface area contributed by atoms with E-state index in [0.717, 1.165) is 11.1 Å². The summed E-state index contributed by atoms with van der Waals surface area (Å²) in [6.07, 6.45) is 1.77. The zero-order chi connectivity index (χ0) is 13.8. The molecule has 0 spiro atoms. The lowest BCUT2D eigenvalue weighted by Gasteiger charge is -2.04. The fourth-order valence-corrected chi connectivity index (χ4v) is 2.63. The molecule has 0 aromatic carbocycles. The average molecular weight is 319 g/mol. The van der Waals surface area contributed by atoms with E-state index in [9.17, 15) is 10.1 Å². The highest BCUT2D eigenvalue weighted by Gasteiger charge is 2.16. The molecule has 2 rings (SSSR count). The summed E-state index contributed by atoms with van der Waals surface area (Å²) in [5.74, 6) is 0.118. The maximum absolute atomic E-state index is 10.8. The maximum atomic E-state index is 10.8. The van der Waals surface area contributed by atoms with E-state index in [2.05, 4.69) is 15.3 Å². The third kappa shape index (κ3) is 3.76. The normalized spacial score (nSPS) is 10.4. The van der Waals surface area contributed by atoms with Crippen molar-refractivity contribution in [2.24, 2.45) is 0 Å². The molecule has 0 bridgehead atoms. The molecule has 19 heavy (non-hydrogen) atoms. The first-order chi connectivity index (χ1) is 9.06. The third-order valence-corrected chi connectivity index (χ3v) is 3.70. The van der Waals surface area contributed by atoms with E-state index in [-0.39, 0.29) is 16.8 Å².